The van der Waals surface area contributed by atoms with Crippen molar-refractivity contribution in [2.24, 2.45) is 0 Å². The van der Waals surface area contributed by atoms with E-state index in [1.165, 1.54) is 0 Å². The fraction of sp³-hybridized carbons (Fsp3) is 0.333. The van der Waals surface area contributed by atoms with Crippen LogP contribution in [0, 0.1) is 0 Å². The largest absolute Gasteiger partial charge is 0.359 e. The van der Waals surface area contributed by atoms with Gasteiger partial charge in [0, 0.05) is 11.0 Å². The molecule has 0 aliphatic carbocycles. The van der Waals surface area contributed by atoms with Crippen LogP contribution in [-0.2, 0) is 6.54 Å². The van der Waals surface area contributed by atoms with Gasteiger partial charge in [-0.2, -0.15) is 0 Å². The monoisotopic (exact) mass is 324 g/mol. The first-order chi connectivity index (χ1) is 10.0. The number of aromatic nitrogens is 1. The van der Waals surface area contributed by atoms with Crippen molar-refractivity contribution in [3.8, 4) is 0 Å². The Morgan fingerprint density at radius 1 is 1.43 bits per heavy atom. The van der Waals surface area contributed by atoms with Crippen LogP contribution in [0.1, 0.15) is 41.6 Å². The molecule has 21 heavy (non-hydrogen) atoms. The molecular weight excluding hydrogens is 308 g/mol. The molecule has 0 radical (unpaired) electrons. The van der Waals surface area contributed by atoms with Crippen LogP contribution in [0.4, 0.5) is 0 Å². The van der Waals surface area contributed by atoms with Gasteiger partial charge in [0.05, 0.1) is 22.8 Å². The van der Waals surface area contributed by atoms with Crippen molar-refractivity contribution in [1.82, 2.24) is 10.5 Å². The summed E-state index contributed by atoms with van der Waals surface area (Å²) in [6.07, 6.45) is 1.95. The summed E-state index contributed by atoms with van der Waals surface area (Å²) in [5.74, 6) is 0.702. The Kier molecular flexibility index (Phi) is 5.31. The second kappa shape index (κ2) is 7.00. The Morgan fingerprint density at radius 2 is 2.19 bits per heavy atom. The summed E-state index contributed by atoms with van der Waals surface area (Å²) in [5.41, 5.74) is 1.34. The van der Waals surface area contributed by atoms with Crippen LogP contribution in [-0.4, -0.2) is 17.3 Å². The van der Waals surface area contributed by atoms with Gasteiger partial charge in [0.15, 0.2) is 5.76 Å². The average molecular weight is 325 g/mol. The molecular formula is C15H17ClN2O2S. The summed E-state index contributed by atoms with van der Waals surface area (Å²) in [6.45, 7) is 4.36. The van der Waals surface area contributed by atoms with E-state index in [4.69, 9.17) is 16.1 Å². The third-order valence-corrected chi connectivity index (χ3v) is 4.06. The van der Waals surface area contributed by atoms with E-state index in [0.717, 1.165) is 10.6 Å². The standard InChI is InChI=1S/C15H17ClN2O2S/c1-9(2)14-6-10(20-18-14)8-17-15(19)12-7-11(21-3)4-5-13(12)16/h4-7,9H,8H2,1-3H3,(H,17,19). The summed E-state index contributed by atoms with van der Waals surface area (Å²) in [6, 6.07) is 7.25. The van der Waals surface area contributed by atoms with E-state index in [1.807, 2.05) is 32.2 Å². The molecule has 0 saturated carbocycles. The number of thioether (sulfide) groups is 1. The van der Waals surface area contributed by atoms with E-state index in [1.54, 1.807) is 23.9 Å². The molecule has 1 N–H and O–H groups in total. The van der Waals surface area contributed by atoms with Crippen molar-refractivity contribution < 1.29 is 9.32 Å². The van der Waals surface area contributed by atoms with Gasteiger partial charge < -0.3 is 9.84 Å². The molecule has 1 aromatic heterocycles. The van der Waals surface area contributed by atoms with Crippen molar-refractivity contribution in [3.63, 3.8) is 0 Å². The van der Waals surface area contributed by atoms with Crippen LogP contribution in [0.25, 0.3) is 0 Å². The summed E-state index contributed by atoms with van der Waals surface area (Å²) in [4.78, 5) is 13.2. The number of hydrogen-bond acceptors (Lipinski definition) is 4. The highest BCUT2D eigenvalue weighted by molar-refractivity contribution is 7.98. The second-order valence-corrected chi connectivity index (χ2v) is 6.19. The normalized spacial score (nSPS) is 10.9. The topological polar surface area (TPSA) is 55.1 Å². The summed E-state index contributed by atoms with van der Waals surface area (Å²) >= 11 is 7.63. The minimum Gasteiger partial charge on any atom is -0.359 e. The molecule has 0 fully saturated rings. The lowest BCUT2D eigenvalue weighted by Gasteiger charge is -2.06. The van der Waals surface area contributed by atoms with Crippen LogP contribution >= 0.6 is 23.4 Å². The maximum Gasteiger partial charge on any atom is 0.253 e. The Labute approximate surface area is 133 Å². The predicted molar refractivity (Wildman–Crippen MR) is 85.0 cm³/mol. The number of carbonyl (C=O) groups is 1. The molecule has 2 rings (SSSR count). The molecule has 6 heteroatoms. The number of nitrogens with zero attached hydrogens (tertiary/aromatic N) is 1. The van der Waals surface area contributed by atoms with E-state index in [2.05, 4.69) is 10.5 Å². The summed E-state index contributed by atoms with van der Waals surface area (Å²) in [7, 11) is 0. The van der Waals surface area contributed by atoms with Crippen molar-refractivity contribution >= 4 is 29.3 Å². The Hall–Kier alpha value is -1.46. The molecule has 4 nitrogen and oxygen atoms in total. The molecule has 0 saturated heterocycles. The van der Waals surface area contributed by atoms with E-state index >= 15 is 0 Å². The zero-order valence-electron chi connectivity index (χ0n) is 12.1. The lowest BCUT2D eigenvalue weighted by molar-refractivity contribution is 0.0947. The highest BCUT2D eigenvalue weighted by atomic mass is 35.5. The van der Waals surface area contributed by atoms with Crippen molar-refractivity contribution in [2.45, 2.75) is 31.2 Å². The molecule has 0 bridgehead atoms. The lowest BCUT2D eigenvalue weighted by atomic mass is 10.1. The van der Waals surface area contributed by atoms with Crippen molar-refractivity contribution in [2.75, 3.05) is 6.26 Å². The third kappa shape index (κ3) is 4.02. The van der Waals surface area contributed by atoms with E-state index in [0.29, 0.717) is 28.8 Å². The summed E-state index contributed by atoms with van der Waals surface area (Å²) < 4.78 is 5.19. The number of halogens is 1. The third-order valence-electron chi connectivity index (χ3n) is 3.01. The minimum atomic E-state index is -0.224. The molecule has 0 spiro atoms. The maximum absolute atomic E-state index is 12.2. The first kappa shape index (κ1) is 15.9. The van der Waals surface area contributed by atoms with Gasteiger partial charge in [0.1, 0.15) is 0 Å². The van der Waals surface area contributed by atoms with E-state index in [-0.39, 0.29) is 5.91 Å². The highest BCUT2D eigenvalue weighted by Crippen LogP contribution is 2.23. The van der Waals surface area contributed by atoms with Gasteiger partial charge in [-0.05, 0) is 30.4 Å². The van der Waals surface area contributed by atoms with Crippen molar-refractivity contribution in [1.29, 1.82) is 0 Å². The molecule has 1 amide bonds. The number of hydrogen-bond donors (Lipinski definition) is 1. The van der Waals surface area contributed by atoms with Gasteiger partial charge in [-0.1, -0.05) is 30.6 Å². The molecule has 0 unspecified atom stereocenters. The first-order valence-electron chi connectivity index (χ1n) is 6.58. The Morgan fingerprint density at radius 3 is 2.81 bits per heavy atom. The number of carbonyl (C=O) groups excluding carboxylic acids is 1. The molecule has 2 aromatic rings. The predicted octanol–water partition coefficient (Wildman–Crippen LogP) is 4.10. The van der Waals surface area contributed by atoms with Crippen LogP contribution in [0.15, 0.2) is 33.7 Å². The highest BCUT2D eigenvalue weighted by Gasteiger charge is 2.13. The quantitative estimate of drug-likeness (QED) is 0.841. The molecule has 0 aliphatic heterocycles. The van der Waals surface area contributed by atoms with Gasteiger partial charge in [-0.3, -0.25) is 4.79 Å². The maximum atomic E-state index is 12.2. The van der Waals surface area contributed by atoms with Gasteiger partial charge in [-0.25, -0.2) is 0 Å². The van der Waals surface area contributed by atoms with Gasteiger partial charge in [0.2, 0.25) is 0 Å². The van der Waals surface area contributed by atoms with Gasteiger partial charge in [-0.15, -0.1) is 11.8 Å². The molecule has 0 atom stereocenters. The molecule has 0 aliphatic rings. The number of benzene rings is 1. The number of nitrogens with one attached hydrogen (secondary N) is 1. The lowest BCUT2D eigenvalue weighted by Crippen LogP contribution is -2.22. The summed E-state index contributed by atoms with van der Waals surface area (Å²) in [5, 5.41) is 7.18. The van der Waals surface area contributed by atoms with Gasteiger partial charge >= 0.3 is 0 Å². The first-order valence-corrected chi connectivity index (χ1v) is 8.18. The number of rotatable bonds is 5. The molecule has 1 aromatic carbocycles. The van der Waals surface area contributed by atoms with Crippen LogP contribution in [0.5, 0.6) is 0 Å². The molecule has 112 valence electrons. The minimum absolute atomic E-state index is 0.224. The van der Waals surface area contributed by atoms with Crippen molar-refractivity contribution in [3.05, 3.63) is 46.3 Å². The SMILES string of the molecule is CSc1ccc(Cl)c(C(=O)NCc2cc(C(C)C)no2)c1. The zero-order chi connectivity index (χ0) is 15.4. The Balaban J connectivity index is 2.04. The fourth-order valence-corrected chi connectivity index (χ4v) is 2.40. The average Bonchev–Trinajstić information content (AvgIpc) is 2.94. The van der Waals surface area contributed by atoms with Crippen LogP contribution < -0.4 is 5.32 Å². The molecule has 1 heterocycles. The van der Waals surface area contributed by atoms with E-state index < -0.39 is 0 Å². The van der Waals surface area contributed by atoms with Crippen LogP contribution in [0.3, 0.4) is 0 Å². The number of amides is 1. The van der Waals surface area contributed by atoms with E-state index in [9.17, 15) is 4.79 Å². The smallest absolute Gasteiger partial charge is 0.253 e. The van der Waals surface area contributed by atoms with Crippen LogP contribution in [0.2, 0.25) is 5.02 Å². The second-order valence-electron chi connectivity index (χ2n) is 4.90. The fourth-order valence-electron chi connectivity index (χ4n) is 1.75. The van der Waals surface area contributed by atoms with Gasteiger partial charge in [0.25, 0.3) is 5.91 Å². The Bertz CT molecular complexity index is 640. The zero-order valence-corrected chi connectivity index (χ0v) is 13.7.